The standard InChI is InChI=1S/C8H10N4S2/c1-5-6(2)14-4-7(5)3-12-8(13)9-10-11-12/h4H,3H2,1-2H3,(H,9,11,13). The Labute approximate surface area is 90.6 Å². The molecule has 0 atom stereocenters. The molecule has 0 aliphatic rings. The number of nitrogens with one attached hydrogen (secondary N) is 1. The number of hydrogen-bond acceptors (Lipinski definition) is 4. The number of nitrogens with zero attached hydrogens (tertiary/aromatic N) is 3. The predicted octanol–water partition coefficient (Wildman–Crippen LogP) is 2.06. The van der Waals surface area contributed by atoms with Crippen molar-refractivity contribution in [2.45, 2.75) is 20.4 Å². The van der Waals surface area contributed by atoms with Crippen molar-refractivity contribution in [2.75, 3.05) is 0 Å². The lowest BCUT2D eigenvalue weighted by Gasteiger charge is -2.00. The second-order valence-corrected chi connectivity index (χ2v) is 4.56. The highest BCUT2D eigenvalue weighted by atomic mass is 32.1. The summed E-state index contributed by atoms with van der Waals surface area (Å²) in [5, 5.41) is 12.3. The third kappa shape index (κ3) is 1.62. The molecule has 2 aromatic heterocycles. The van der Waals surface area contributed by atoms with Crippen molar-refractivity contribution in [3.63, 3.8) is 0 Å². The number of rotatable bonds is 2. The van der Waals surface area contributed by atoms with Gasteiger partial charge in [-0.3, -0.25) is 0 Å². The minimum atomic E-state index is 0.494. The van der Waals surface area contributed by atoms with Gasteiger partial charge in [0.1, 0.15) is 0 Å². The lowest BCUT2D eigenvalue weighted by Crippen LogP contribution is -2.02. The minimum Gasteiger partial charge on any atom is -0.238 e. The Morgan fingerprint density at radius 1 is 1.57 bits per heavy atom. The third-order valence-corrected chi connectivity index (χ3v) is 3.61. The first-order valence-corrected chi connectivity index (χ1v) is 5.48. The smallest absolute Gasteiger partial charge is 0.238 e. The van der Waals surface area contributed by atoms with Crippen molar-refractivity contribution in [3.05, 3.63) is 26.2 Å². The van der Waals surface area contributed by atoms with Gasteiger partial charge in [-0.1, -0.05) is 10.3 Å². The van der Waals surface area contributed by atoms with Gasteiger partial charge in [-0.25, -0.2) is 4.68 Å². The van der Waals surface area contributed by atoms with Gasteiger partial charge in [0.05, 0.1) is 6.54 Å². The van der Waals surface area contributed by atoms with Crippen molar-refractivity contribution in [2.24, 2.45) is 0 Å². The second kappa shape index (κ2) is 3.62. The lowest BCUT2D eigenvalue weighted by atomic mass is 10.2. The summed E-state index contributed by atoms with van der Waals surface area (Å²) in [5.41, 5.74) is 2.60. The number of thiophene rings is 1. The first-order valence-electron chi connectivity index (χ1n) is 4.20. The maximum atomic E-state index is 5.00. The summed E-state index contributed by atoms with van der Waals surface area (Å²) < 4.78 is 2.25. The highest BCUT2D eigenvalue weighted by molar-refractivity contribution is 7.71. The van der Waals surface area contributed by atoms with Crippen LogP contribution in [-0.2, 0) is 6.54 Å². The Morgan fingerprint density at radius 3 is 2.86 bits per heavy atom. The quantitative estimate of drug-likeness (QED) is 0.797. The van der Waals surface area contributed by atoms with Gasteiger partial charge < -0.3 is 0 Å². The summed E-state index contributed by atoms with van der Waals surface area (Å²) in [6.45, 7) is 4.96. The number of hydrogen-bond donors (Lipinski definition) is 1. The van der Waals surface area contributed by atoms with E-state index in [2.05, 4.69) is 34.8 Å². The minimum absolute atomic E-state index is 0.494. The van der Waals surface area contributed by atoms with E-state index in [0.29, 0.717) is 4.77 Å². The van der Waals surface area contributed by atoms with Crippen LogP contribution >= 0.6 is 23.6 Å². The fraction of sp³-hybridized carbons (Fsp3) is 0.375. The Balaban J connectivity index is 2.32. The van der Waals surface area contributed by atoms with Crippen molar-refractivity contribution in [1.82, 2.24) is 20.2 Å². The zero-order valence-corrected chi connectivity index (χ0v) is 9.58. The molecule has 2 rings (SSSR count). The van der Waals surface area contributed by atoms with Crippen LogP contribution in [0.1, 0.15) is 16.0 Å². The Morgan fingerprint density at radius 2 is 2.36 bits per heavy atom. The Kier molecular flexibility index (Phi) is 2.47. The Hall–Kier alpha value is -1.01. The van der Waals surface area contributed by atoms with Crippen molar-refractivity contribution < 1.29 is 0 Å². The summed E-state index contributed by atoms with van der Waals surface area (Å²) in [6, 6.07) is 0. The van der Waals surface area contributed by atoms with Crippen LogP contribution in [0.15, 0.2) is 5.38 Å². The molecule has 74 valence electrons. The van der Waals surface area contributed by atoms with E-state index in [-0.39, 0.29) is 0 Å². The molecular weight excluding hydrogens is 216 g/mol. The molecule has 14 heavy (non-hydrogen) atoms. The average molecular weight is 226 g/mol. The fourth-order valence-electron chi connectivity index (χ4n) is 1.21. The third-order valence-electron chi connectivity index (χ3n) is 2.25. The molecule has 0 amide bonds. The molecule has 0 saturated heterocycles. The van der Waals surface area contributed by atoms with Gasteiger partial charge in [0.15, 0.2) is 0 Å². The molecule has 2 heterocycles. The van der Waals surface area contributed by atoms with E-state index in [1.807, 2.05) is 0 Å². The maximum absolute atomic E-state index is 5.00. The average Bonchev–Trinajstić information content (AvgIpc) is 2.68. The molecular formula is C8H10N4S2. The molecule has 0 bridgehead atoms. The topological polar surface area (TPSA) is 46.5 Å². The molecule has 6 heteroatoms. The van der Waals surface area contributed by atoms with Gasteiger partial charge in [-0.15, -0.1) is 11.3 Å². The van der Waals surface area contributed by atoms with Crippen LogP contribution in [0.4, 0.5) is 0 Å². The first kappa shape index (κ1) is 9.54. The van der Waals surface area contributed by atoms with Crippen molar-refractivity contribution >= 4 is 23.6 Å². The molecule has 0 unspecified atom stereocenters. The van der Waals surface area contributed by atoms with Gasteiger partial charge in [0.25, 0.3) is 0 Å². The molecule has 1 N–H and O–H groups in total. The second-order valence-electron chi connectivity index (χ2n) is 3.11. The van der Waals surface area contributed by atoms with Crippen LogP contribution in [0.3, 0.4) is 0 Å². The van der Waals surface area contributed by atoms with Gasteiger partial charge >= 0.3 is 0 Å². The van der Waals surface area contributed by atoms with E-state index in [4.69, 9.17) is 12.2 Å². The number of aromatic amines is 1. The molecule has 0 saturated carbocycles. The fourth-order valence-corrected chi connectivity index (χ4v) is 2.23. The van der Waals surface area contributed by atoms with Gasteiger partial charge in [0, 0.05) is 4.88 Å². The molecule has 0 aromatic carbocycles. The van der Waals surface area contributed by atoms with Crippen LogP contribution in [-0.4, -0.2) is 20.2 Å². The summed E-state index contributed by atoms with van der Waals surface area (Å²) >= 11 is 6.75. The van der Waals surface area contributed by atoms with E-state index in [1.165, 1.54) is 16.0 Å². The van der Waals surface area contributed by atoms with Crippen LogP contribution in [0.5, 0.6) is 0 Å². The van der Waals surface area contributed by atoms with Crippen molar-refractivity contribution in [3.8, 4) is 0 Å². The van der Waals surface area contributed by atoms with E-state index >= 15 is 0 Å². The van der Waals surface area contributed by atoms with E-state index < -0.39 is 0 Å². The zero-order chi connectivity index (χ0) is 10.1. The number of tetrazole rings is 1. The van der Waals surface area contributed by atoms with Gasteiger partial charge in [-0.05, 0) is 42.6 Å². The van der Waals surface area contributed by atoms with Gasteiger partial charge in [-0.2, -0.15) is 5.21 Å². The Bertz CT molecular complexity index is 493. The normalized spacial score (nSPS) is 10.7. The summed E-state index contributed by atoms with van der Waals surface area (Å²) in [7, 11) is 0. The molecule has 0 aliphatic heterocycles. The SMILES string of the molecule is Cc1scc(Cn2[nH]nnc2=S)c1C. The van der Waals surface area contributed by atoms with E-state index in [1.54, 1.807) is 16.0 Å². The number of H-pyrrole nitrogens is 1. The predicted molar refractivity (Wildman–Crippen MR) is 58.1 cm³/mol. The van der Waals surface area contributed by atoms with Crippen LogP contribution in [0.2, 0.25) is 0 Å². The van der Waals surface area contributed by atoms with E-state index in [9.17, 15) is 0 Å². The molecule has 0 fully saturated rings. The zero-order valence-electron chi connectivity index (χ0n) is 7.94. The summed E-state index contributed by atoms with van der Waals surface area (Å²) in [4.78, 5) is 1.35. The maximum Gasteiger partial charge on any atom is 0.238 e. The largest absolute Gasteiger partial charge is 0.238 e. The van der Waals surface area contributed by atoms with Gasteiger partial charge in [0.2, 0.25) is 4.77 Å². The molecule has 2 aromatic rings. The lowest BCUT2D eigenvalue weighted by molar-refractivity contribution is 0.641. The number of aromatic nitrogens is 4. The highest BCUT2D eigenvalue weighted by Gasteiger charge is 2.05. The number of aryl methyl sites for hydroxylation is 1. The monoisotopic (exact) mass is 226 g/mol. The van der Waals surface area contributed by atoms with Crippen LogP contribution in [0.25, 0.3) is 0 Å². The first-order chi connectivity index (χ1) is 6.68. The van der Waals surface area contributed by atoms with Crippen LogP contribution < -0.4 is 0 Å². The molecule has 0 aliphatic carbocycles. The highest BCUT2D eigenvalue weighted by Crippen LogP contribution is 2.20. The van der Waals surface area contributed by atoms with Crippen LogP contribution in [0, 0.1) is 18.6 Å². The van der Waals surface area contributed by atoms with E-state index in [0.717, 1.165) is 6.54 Å². The summed E-state index contributed by atoms with van der Waals surface area (Å²) in [5.74, 6) is 0. The summed E-state index contributed by atoms with van der Waals surface area (Å²) in [6.07, 6.45) is 0. The molecule has 4 nitrogen and oxygen atoms in total. The molecule has 0 spiro atoms. The molecule has 0 radical (unpaired) electrons. The van der Waals surface area contributed by atoms with Crippen molar-refractivity contribution in [1.29, 1.82) is 0 Å².